The Morgan fingerprint density at radius 2 is 0.816 bits per heavy atom. The zero-order valence-corrected chi connectivity index (χ0v) is 23.0. The number of rotatable bonds is 1. The van der Waals surface area contributed by atoms with Gasteiger partial charge in [0.15, 0.2) is 0 Å². The number of hydrogen-bond donors (Lipinski definition) is 0. The van der Waals surface area contributed by atoms with E-state index in [2.05, 4.69) is 136 Å². The van der Waals surface area contributed by atoms with Gasteiger partial charge >= 0.3 is 0 Å². The van der Waals surface area contributed by atoms with Crippen LogP contribution in [0.15, 0.2) is 85.2 Å². The van der Waals surface area contributed by atoms with Crippen LogP contribution in [-0.4, -0.2) is 8.80 Å². The lowest BCUT2D eigenvalue weighted by Crippen LogP contribution is -2.10. The molecule has 0 aliphatic heterocycles. The number of nitrogens with zero attached hydrogens (tertiary/aromatic N) is 2. The summed E-state index contributed by atoms with van der Waals surface area (Å²) in [6, 6.07) is 27.4. The van der Waals surface area contributed by atoms with Gasteiger partial charge in [-0.15, -0.1) is 0 Å². The minimum absolute atomic E-state index is 0.0548. The summed E-state index contributed by atoms with van der Waals surface area (Å²) >= 11 is 0. The first-order valence-corrected chi connectivity index (χ1v) is 13.7. The Balaban J connectivity index is 1.53. The van der Waals surface area contributed by atoms with Crippen LogP contribution < -0.4 is 0 Å². The number of benzene rings is 4. The van der Waals surface area contributed by atoms with Crippen molar-refractivity contribution in [3.05, 3.63) is 96.3 Å². The molecule has 186 valence electrons. The van der Waals surface area contributed by atoms with Crippen LogP contribution >= 0.6 is 0 Å². The van der Waals surface area contributed by atoms with Crippen LogP contribution in [0.1, 0.15) is 52.7 Å². The van der Waals surface area contributed by atoms with Gasteiger partial charge in [0.1, 0.15) is 0 Å². The third-order valence-corrected chi connectivity index (χ3v) is 8.66. The minimum Gasteiger partial charge on any atom is -0.315 e. The molecule has 0 N–H and O–H groups in total. The number of fused-ring (bicyclic) bond motifs is 6. The Bertz CT molecular complexity index is 2030. The topological polar surface area (TPSA) is 8.82 Å². The first kappa shape index (κ1) is 22.0. The van der Waals surface area contributed by atoms with Gasteiger partial charge in [-0.1, -0.05) is 77.9 Å². The maximum atomic E-state index is 2.45. The summed E-state index contributed by atoms with van der Waals surface area (Å²) in [4.78, 5) is 0. The molecule has 2 nitrogen and oxygen atoms in total. The lowest BCUT2D eigenvalue weighted by Gasteiger charge is -2.19. The molecule has 0 amide bonds. The average Bonchev–Trinajstić information content (AvgIpc) is 3.62. The predicted octanol–water partition coefficient (Wildman–Crippen LogP) is 9.94. The van der Waals surface area contributed by atoms with E-state index in [1.165, 1.54) is 76.6 Å². The molecule has 0 atom stereocenters. The summed E-state index contributed by atoms with van der Waals surface area (Å²) in [6.07, 6.45) is 4.75. The Labute approximate surface area is 222 Å². The van der Waals surface area contributed by atoms with Gasteiger partial charge in [-0.25, -0.2) is 0 Å². The molecule has 4 aromatic carbocycles. The van der Waals surface area contributed by atoms with Crippen molar-refractivity contribution in [2.75, 3.05) is 0 Å². The highest BCUT2D eigenvalue weighted by Gasteiger charge is 2.26. The smallest absolute Gasteiger partial charge is 0.0611 e. The Morgan fingerprint density at radius 1 is 0.447 bits per heavy atom. The first-order chi connectivity index (χ1) is 18.1. The molecule has 0 aliphatic carbocycles. The number of para-hydroxylation sites is 2. The van der Waals surface area contributed by atoms with Crippen molar-refractivity contribution < 1.29 is 0 Å². The molecular weight excluding hydrogens is 460 g/mol. The maximum absolute atomic E-state index is 2.45. The molecule has 8 aromatic rings. The monoisotopic (exact) mass is 492 g/mol. The predicted molar refractivity (Wildman–Crippen MR) is 164 cm³/mol. The van der Waals surface area contributed by atoms with Gasteiger partial charge in [0.25, 0.3) is 0 Å². The third-order valence-electron chi connectivity index (χ3n) is 8.66. The van der Waals surface area contributed by atoms with E-state index in [-0.39, 0.29) is 10.8 Å². The molecule has 0 aliphatic rings. The summed E-state index contributed by atoms with van der Waals surface area (Å²) in [6.45, 7) is 14.0. The quantitative estimate of drug-likeness (QED) is 0.216. The van der Waals surface area contributed by atoms with Crippen LogP contribution in [0.4, 0.5) is 0 Å². The van der Waals surface area contributed by atoms with Crippen molar-refractivity contribution in [3.8, 4) is 11.1 Å². The van der Waals surface area contributed by atoms with Gasteiger partial charge in [-0.2, -0.15) is 0 Å². The molecule has 4 heterocycles. The van der Waals surface area contributed by atoms with Crippen molar-refractivity contribution in [2.24, 2.45) is 0 Å². The van der Waals surface area contributed by atoms with E-state index in [9.17, 15) is 0 Å². The SMILES string of the molecule is CC(C)(C)c1cn2c3ccccc3c3cc(-c4cc5c(C(C)(C)C)cn6c7ccccc7c(c4)c56)cc1c32. The normalized spacial score (nSPS) is 13.5. The number of hydrogen-bond acceptors (Lipinski definition) is 0. The molecule has 0 saturated carbocycles. The first-order valence-electron chi connectivity index (χ1n) is 13.7. The van der Waals surface area contributed by atoms with Crippen molar-refractivity contribution in [1.82, 2.24) is 8.80 Å². The maximum Gasteiger partial charge on any atom is 0.0611 e. The summed E-state index contributed by atoms with van der Waals surface area (Å²) in [5, 5.41) is 8.07. The third kappa shape index (κ3) is 2.73. The molecule has 0 unspecified atom stereocenters. The van der Waals surface area contributed by atoms with Crippen molar-refractivity contribution in [2.45, 2.75) is 52.4 Å². The molecule has 8 rings (SSSR count). The van der Waals surface area contributed by atoms with Crippen LogP contribution in [0, 0.1) is 0 Å². The Hall–Kier alpha value is -4.04. The fraction of sp³-hybridized carbons (Fsp3) is 0.222. The van der Waals surface area contributed by atoms with Gasteiger partial charge in [0.2, 0.25) is 0 Å². The van der Waals surface area contributed by atoms with Crippen molar-refractivity contribution >= 4 is 54.4 Å². The fourth-order valence-corrected chi connectivity index (χ4v) is 6.87. The zero-order valence-electron chi connectivity index (χ0n) is 23.0. The summed E-state index contributed by atoms with van der Waals surface area (Å²) < 4.78 is 4.84. The Morgan fingerprint density at radius 3 is 1.21 bits per heavy atom. The summed E-state index contributed by atoms with van der Waals surface area (Å²) in [5.41, 5.74) is 10.8. The molecule has 0 radical (unpaired) electrons. The second-order valence-corrected chi connectivity index (χ2v) is 13.2. The summed E-state index contributed by atoms with van der Waals surface area (Å²) in [7, 11) is 0. The van der Waals surface area contributed by atoms with Gasteiger partial charge in [-0.3, -0.25) is 0 Å². The standard InChI is InChI=1S/C36H32N2/c1-35(2,3)29-19-37-31-13-9-7-11-23(31)25-15-21(17-27(29)33(25)37)22-16-26-24-12-8-10-14-32(24)38-20-30(36(4,5)6)28(18-22)34(26)38/h7-20H,1-6H3. The molecule has 2 heteroatoms. The average molecular weight is 493 g/mol. The lowest BCUT2D eigenvalue weighted by atomic mass is 9.84. The zero-order chi connectivity index (χ0) is 26.1. The highest BCUT2D eigenvalue weighted by molar-refractivity contribution is 6.19. The van der Waals surface area contributed by atoms with Crippen molar-refractivity contribution in [3.63, 3.8) is 0 Å². The van der Waals surface area contributed by atoms with E-state index in [4.69, 9.17) is 0 Å². The van der Waals surface area contributed by atoms with Gasteiger partial charge < -0.3 is 8.80 Å². The molecule has 0 fully saturated rings. The van der Waals surface area contributed by atoms with Crippen LogP contribution in [0.3, 0.4) is 0 Å². The van der Waals surface area contributed by atoms with Crippen molar-refractivity contribution in [1.29, 1.82) is 0 Å². The fourth-order valence-electron chi connectivity index (χ4n) is 6.87. The van der Waals surface area contributed by atoms with Gasteiger partial charge in [0, 0.05) is 44.7 Å². The highest BCUT2D eigenvalue weighted by atomic mass is 14.9. The van der Waals surface area contributed by atoms with E-state index >= 15 is 0 Å². The van der Waals surface area contributed by atoms with Crippen LogP contribution in [0.25, 0.3) is 65.5 Å². The molecule has 0 bridgehead atoms. The van der Waals surface area contributed by atoms with Gasteiger partial charge in [-0.05, 0) is 69.5 Å². The second kappa shape index (κ2) is 6.88. The van der Waals surface area contributed by atoms with Gasteiger partial charge in [0.05, 0.1) is 22.1 Å². The van der Waals surface area contributed by atoms with Crippen LogP contribution in [0.2, 0.25) is 0 Å². The molecule has 0 spiro atoms. The van der Waals surface area contributed by atoms with E-state index in [1.807, 2.05) is 0 Å². The Kier molecular flexibility index (Phi) is 3.98. The van der Waals surface area contributed by atoms with Crippen LogP contribution in [-0.2, 0) is 10.8 Å². The lowest BCUT2D eigenvalue weighted by molar-refractivity contribution is 0.595. The van der Waals surface area contributed by atoms with E-state index in [1.54, 1.807) is 0 Å². The van der Waals surface area contributed by atoms with E-state index < -0.39 is 0 Å². The summed E-state index contributed by atoms with van der Waals surface area (Å²) in [5.74, 6) is 0. The molecular formula is C36H32N2. The minimum atomic E-state index is 0.0548. The largest absolute Gasteiger partial charge is 0.315 e. The van der Waals surface area contributed by atoms with E-state index in [0.717, 1.165) is 0 Å². The van der Waals surface area contributed by atoms with E-state index in [0.29, 0.717) is 0 Å². The molecule has 38 heavy (non-hydrogen) atoms. The highest BCUT2D eigenvalue weighted by Crippen LogP contribution is 2.45. The second-order valence-electron chi connectivity index (χ2n) is 13.2. The van der Waals surface area contributed by atoms with Crippen LogP contribution in [0.5, 0.6) is 0 Å². The number of aromatic nitrogens is 2. The molecule has 0 saturated heterocycles. The molecule has 4 aromatic heterocycles.